The molecule has 1 fully saturated rings. The Balaban J connectivity index is 1.40. The average molecular weight is 526 g/mol. The van der Waals surface area contributed by atoms with E-state index in [1.165, 1.54) is 17.7 Å². The summed E-state index contributed by atoms with van der Waals surface area (Å²) in [6, 6.07) is 18.4. The maximum atomic E-state index is 14.2. The standard InChI is InChI=1S/C33H36FN3O2/c1-5-24(21-35-6-2)25-10-12-26(13-11-25)27-15-17-37(18-16-27)33(39)28-9-8-23(4)31(20-28)36-32(38)29-19-22(3)7-14-30(29)34/h5,7-14,19-21,27H,6,15-18H2,1-4H3,(H,36,38)/b24-5+,35-21-. The van der Waals surface area contributed by atoms with Gasteiger partial charge >= 0.3 is 0 Å². The second kappa shape index (κ2) is 12.7. The Morgan fingerprint density at radius 2 is 1.69 bits per heavy atom. The monoisotopic (exact) mass is 525 g/mol. The molecule has 0 bridgehead atoms. The summed E-state index contributed by atoms with van der Waals surface area (Å²) in [5.74, 6) is -0.768. The number of benzene rings is 3. The van der Waals surface area contributed by atoms with Gasteiger partial charge in [0.05, 0.1) is 5.56 Å². The van der Waals surface area contributed by atoms with E-state index < -0.39 is 11.7 Å². The average Bonchev–Trinajstić information content (AvgIpc) is 2.96. The van der Waals surface area contributed by atoms with Crippen molar-refractivity contribution in [1.82, 2.24) is 4.90 Å². The van der Waals surface area contributed by atoms with Crippen LogP contribution in [-0.4, -0.2) is 42.6 Å². The molecule has 0 aliphatic carbocycles. The zero-order valence-electron chi connectivity index (χ0n) is 23.1. The fourth-order valence-electron chi connectivity index (χ4n) is 4.94. The predicted molar refractivity (Wildman–Crippen MR) is 157 cm³/mol. The van der Waals surface area contributed by atoms with Gasteiger partial charge in [-0.1, -0.05) is 48.0 Å². The highest BCUT2D eigenvalue weighted by Crippen LogP contribution is 2.30. The number of allylic oxidation sites excluding steroid dienone is 2. The molecule has 0 saturated carbocycles. The Morgan fingerprint density at radius 1 is 1.00 bits per heavy atom. The molecule has 0 atom stereocenters. The van der Waals surface area contributed by atoms with Crippen LogP contribution in [0.1, 0.15) is 75.6 Å². The largest absolute Gasteiger partial charge is 0.339 e. The van der Waals surface area contributed by atoms with Gasteiger partial charge < -0.3 is 10.2 Å². The third-order valence-corrected chi connectivity index (χ3v) is 7.32. The molecule has 3 aromatic carbocycles. The zero-order chi connectivity index (χ0) is 27.9. The van der Waals surface area contributed by atoms with Crippen LogP contribution in [-0.2, 0) is 0 Å². The lowest BCUT2D eigenvalue weighted by Crippen LogP contribution is -2.38. The van der Waals surface area contributed by atoms with E-state index in [1.807, 2.05) is 44.9 Å². The maximum absolute atomic E-state index is 14.2. The molecule has 202 valence electrons. The van der Waals surface area contributed by atoms with Crippen molar-refractivity contribution in [2.75, 3.05) is 25.0 Å². The number of carbonyl (C=O) groups is 2. The fourth-order valence-corrected chi connectivity index (χ4v) is 4.94. The van der Waals surface area contributed by atoms with E-state index in [0.717, 1.165) is 41.6 Å². The number of piperidine rings is 1. The van der Waals surface area contributed by atoms with E-state index in [9.17, 15) is 14.0 Å². The fraction of sp³-hybridized carbons (Fsp3) is 0.303. The first-order chi connectivity index (χ1) is 18.8. The SMILES string of the molecule is C/C=C(\C=N/CC)c1ccc(C2CCN(C(=O)c3ccc(C)c(NC(=O)c4cc(C)ccc4F)c3)CC2)cc1. The topological polar surface area (TPSA) is 61.8 Å². The molecule has 5 nitrogen and oxygen atoms in total. The first-order valence-corrected chi connectivity index (χ1v) is 13.5. The van der Waals surface area contributed by atoms with E-state index in [0.29, 0.717) is 30.3 Å². The van der Waals surface area contributed by atoms with Gasteiger partial charge in [0.2, 0.25) is 0 Å². The Kier molecular flexibility index (Phi) is 9.07. The molecule has 1 aliphatic heterocycles. The van der Waals surface area contributed by atoms with Crippen LogP contribution >= 0.6 is 0 Å². The molecular weight excluding hydrogens is 489 g/mol. The molecule has 0 aromatic heterocycles. The molecule has 1 aliphatic rings. The summed E-state index contributed by atoms with van der Waals surface area (Å²) >= 11 is 0. The second-order valence-electron chi connectivity index (χ2n) is 10.0. The van der Waals surface area contributed by atoms with Crippen LogP contribution in [0.15, 0.2) is 71.7 Å². The Bertz CT molecular complexity index is 1400. The molecule has 0 radical (unpaired) electrons. The smallest absolute Gasteiger partial charge is 0.258 e. The van der Waals surface area contributed by atoms with Gasteiger partial charge in [0.1, 0.15) is 5.82 Å². The van der Waals surface area contributed by atoms with Crippen LogP contribution in [0.25, 0.3) is 5.57 Å². The van der Waals surface area contributed by atoms with Crippen molar-refractivity contribution in [1.29, 1.82) is 0 Å². The minimum atomic E-state index is -0.576. The summed E-state index contributed by atoms with van der Waals surface area (Å²) in [5, 5.41) is 2.79. The molecule has 1 N–H and O–H groups in total. The number of hydrogen-bond donors (Lipinski definition) is 1. The van der Waals surface area contributed by atoms with Crippen LogP contribution in [0, 0.1) is 19.7 Å². The number of anilines is 1. The van der Waals surface area contributed by atoms with Crippen LogP contribution < -0.4 is 5.32 Å². The van der Waals surface area contributed by atoms with E-state index >= 15 is 0 Å². The van der Waals surface area contributed by atoms with Gasteiger partial charge in [-0.25, -0.2) is 4.39 Å². The summed E-state index contributed by atoms with van der Waals surface area (Å²) in [5.41, 5.74) is 6.15. The summed E-state index contributed by atoms with van der Waals surface area (Å²) in [4.78, 5) is 32.3. The molecular formula is C33H36FN3O2. The molecule has 3 aromatic rings. The number of nitrogens with one attached hydrogen (secondary N) is 1. The molecule has 0 spiro atoms. The highest BCUT2D eigenvalue weighted by molar-refractivity contribution is 6.09. The third kappa shape index (κ3) is 6.69. The van der Waals surface area contributed by atoms with E-state index in [1.54, 1.807) is 18.2 Å². The predicted octanol–water partition coefficient (Wildman–Crippen LogP) is 7.21. The van der Waals surface area contributed by atoms with Gasteiger partial charge in [-0.15, -0.1) is 0 Å². The van der Waals surface area contributed by atoms with E-state index in [4.69, 9.17) is 0 Å². The number of aryl methyl sites for hydroxylation is 2. The molecule has 39 heavy (non-hydrogen) atoms. The Morgan fingerprint density at radius 3 is 2.36 bits per heavy atom. The van der Waals surface area contributed by atoms with Crippen molar-refractivity contribution in [2.24, 2.45) is 4.99 Å². The molecule has 1 saturated heterocycles. The summed E-state index contributed by atoms with van der Waals surface area (Å²) < 4.78 is 14.2. The van der Waals surface area contributed by atoms with Crippen LogP contribution in [0.4, 0.5) is 10.1 Å². The summed E-state index contributed by atoms with van der Waals surface area (Å²) in [7, 11) is 0. The second-order valence-corrected chi connectivity index (χ2v) is 10.0. The molecule has 6 heteroatoms. The Hall–Kier alpha value is -4.06. The van der Waals surface area contributed by atoms with Crippen molar-refractivity contribution in [2.45, 2.75) is 46.5 Å². The number of hydrogen-bond acceptors (Lipinski definition) is 3. The number of nitrogens with zero attached hydrogens (tertiary/aromatic N) is 2. The lowest BCUT2D eigenvalue weighted by Gasteiger charge is -2.32. The number of likely N-dealkylation sites (tertiary alicyclic amines) is 1. The molecule has 0 unspecified atom stereocenters. The van der Waals surface area contributed by atoms with Crippen molar-refractivity contribution in [3.05, 3.63) is 106 Å². The minimum Gasteiger partial charge on any atom is -0.339 e. The van der Waals surface area contributed by atoms with Crippen molar-refractivity contribution in [3.8, 4) is 0 Å². The third-order valence-electron chi connectivity index (χ3n) is 7.32. The highest BCUT2D eigenvalue weighted by atomic mass is 19.1. The van der Waals surface area contributed by atoms with Gasteiger partial charge in [-0.05, 0) is 93.0 Å². The van der Waals surface area contributed by atoms with Crippen molar-refractivity contribution in [3.63, 3.8) is 0 Å². The number of rotatable bonds is 7. The minimum absolute atomic E-state index is 0.0164. The van der Waals surface area contributed by atoms with Gasteiger partial charge in [0.25, 0.3) is 11.8 Å². The van der Waals surface area contributed by atoms with Crippen LogP contribution in [0.3, 0.4) is 0 Å². The zero-order valence-corrected chi connectivity index (χ0v) is 23.1. The van der Waals surface area contributed by atoms with Gasteiger partial charge in [-0.3, -0.25) is 14.6 Å². The maximum Gasteiger partial charge on any atom is 0.258 e. The van der Waals surface area contributed by atoms with Gasteiger partial charge in [0.15, 0.2) is 0 Å². The first kappa shape index (κ1) is 28.0. The van der Waals surface area contributed by atoms with Gasteiger partial charge in [0, 0.05) is 37.1 Å². The van der Waals surface area contributed by atoms with E-state index in [2.05, 4.69) is 40.7 Å². The molecule has 4 rings (SSSR count). The van der Waals surface area contributed by atoms with Crippen LogP contribution in [0.2, 0.25) is 0 Å². The number of halogens is 1. The Labute approximate surface area is 230 Å². The number of aliphatic imine (C=N–C) groups is 1. The first-order valence-electron chi connectivity index (χ1n) is 13.5. The molecule has 2 amide bonds. The lowest BCUT2D eigenvalue weighted by atomic mass is 9.88. The van der Waals surface area contributed by atoms with Crippen molar-refractivity contribution < 1.29 is 14.0 Å². The lowest BCUT2D eigenvalue weighted by molar-refractivity contribution is 0.0712. The highest BCUT2D eigenvalue weighted by Gasteiger charge is 2.25. The normalized spacial score (nSPS) is 14.6. The summed E-state index contributed by atoms with van der Waals surface area (Å²) in [6.07, 6.45) is 5.77. The number of amides is 2. The van der Waals surface area contributed by atoms with Crippen molar-refractivity contribution >= 4 is 29.3 Å². The summed E-state index contributed by atoms with van der Waals surface area (Å²) in [6.45, 7) is 9.79. The quantitative estimate of drug-likeness (QED) is 0.331. The van der Waals surface area contributed by atoms with Gasteiger partial charge in [-0.2, -0.15) is 0 Å². The van der Waals surface area contributed by atoms with E-state index in [-0.39, 0.29) is 11.5 Å². The van der Waals surface area contributed by atoms with Crippen LogP contribution in [0.5, 0.6) is 0 Å². The molecule has 1 heterocycles. The number of carbonyl (C=O) groups excluding carboxylic acids is 2.